The van der Waals surface area contributed by atoms with Gasteiger partial charge in [0.2, 0.25) is 0 Å². The summed E-state index contributed by atoms with van der Waals surface area (Å²) in [6.45, 7) is 3.42. The second-order valence-corrected chi connectivity index (χ2v) is 8.75. The fourth-order valence-corrected chi connectivity index (χ4v) is 2.64. The Balaban J connectivity index is 0.000000262. The monoisotopic (exact) mass is 413 g/mol. The number of hydrogen-bond acceptors (Lipinski definition) is 9. The zero-order valence-corrected chi connectivity index (χ0v) is 16.0. The molecule has 142 valence electrons. The Morgan fingerprint density at radius 3 is 2.12 bits per heavy atom. The molecule has 1 saturated heterocycles. The molecule has 3 rings (SSSR count). The van der Waals surface area contributed by atoms with Gasteiger partial charge in [-0.3, -0.25) is 9.11 Å². The van der Waals surface area contributed by atoms with Gasteiger partial charge >= 0.3 is 0 Å². The highest BCUT2D eigenvalue weighted by molar-refractivity contribution is 7.85. The van der Waals surface area contributed by atoms with E-state index in [0.717, 1.165) is 37.6 Å². The zero-order valence-electron chi connectivity index (χ0n) is 13.6. The Kier molecular flexibility index (Phi) is 8.11. The van der Waals surface area contributed by atoms with E-state index in [2.05, 4.69) is 20.2 Å². The molecule has 2 aromatic heterocycles. The van der Waals surface area contributed by atoms with Crippen molar-refractivity contribution in [3.63, 3.8) is 0 Å². The van der Waals surface area contributed by atoms with Crippen molar-refractivity contribution in [3.8, 4) is 0 Å². The third-order valence-electron chi connectivity index (χ3n) is 2.53. The van der Waals surface area contributed by atoms with Gasteiger partial charge in [-0.1, -0.05) is 0 Å². The molecule has 0 radical (unpaired) electrons. The minimum absolute atomic E-state index is 0.715. The molecule has 0 spiro atoms. The van der Waals surface area contributed by atoms with Gasteiger partial charge in [-0.05, 0) is 11.4 Å². The summed E-state index contributed by atoms with van der Waals surface area (Å²) in [5, 5.41) is 2.06. The van der Waals surface area contributed by atoms with Crippen LogP contribution in [0.1, 0.15) is 0 Å². The van der Waals surface area contributed by atoms with Crippen LogP contribution in [0.5, 0.6) is 0 Å². The summed E-state index contributed by atoms with van der Waals surface area (Å²) in [5.41, 5.74) is 1.04. The van der Waals surface area contributed by atoms with Gasteiger partial charge in [-0.2, -0.15) is 16.8 Å². The average Bonchev–Trinajstić information content (AvgIpc) is 2.93. The van der Waals surface area contributed by atoms with Gasteiger partial charge in [0.25, 0.3) is 20.2 Å². The maximum absolute atomic E-state index is 9.19. The Morgan fingerprint density at radius 2 is 1.60 bits per heavy atom. The van der Waals surface area contributed by atoms with Crippen LogP contribution in [0.2, 0.25) is 0 Å². The molecule has 0 unspecified atom stereocenters. The topological polar surface area (TPSA) is 147 Å². The fourth-order valence-electron chi connectivity index (χ4n) is 1.78. The molecule has 10 nitrogen and oxygen atoms in total. The maximum Gasteiger partial charge on any atom is 0.261 e. The van der Waals surface area contributed by atoms with Gasteiger partial charge in [0.05, 0.1) is 35.9 Å². The number of hydrogen-bond donors (Lipinski definition) is 2. The van der Waals surface area contributed by atoms with E-state index in [0.29, 0.717) is 12.5 Å². The lowest BCUT2D eigenvalue weighted by molar-refractivity contribution is 0.122. The minimum atomic E-state index is -3.67. The molecule has 1 aliphatic heterocycles. The number of rotatable bonds is 1. The SMILES string of the molecule is CS(=O)(=O)O.CS(=O)(=O)O.c1nc(N2CCOCC2)c2sccc2n1. The van der Waals surface area contributed by atoms with E-state index >= 15 is 0 Å². The molecule has 3 heterocycles. The summed E-state index contributed by atoms with van der Waals surface area (Å²) < 4.78 is 58.2. The van der Waals surface area contributed by atoms with Crippen molar-refractivity contribution in [3.05, 3.63) is 17.8 Å². The quantitative estimate of drug-likeness (QED) is 0.635. The van der Waals surface area contributed by atoms with Crippen LogP contribution in [-0.4, -0.2) is 74.7 Å². The van der Waals surface area contributed by atoms with Gasteiger partial charge in [-0.15, -0.1) is 11.3 Å². The summed E-state index contributed by atoms with van der Waals surface area (Å²) in [6.07, 6.45) is 3.07. The zero-order chi connectivity index (χ0) is 19.1. The molecule has 13 heteroatoms. The molecule has 1 aliphatic rings. The van der Waals surface area contributed by atoms with Crippen molar-refractivity contribution in [2.45, 2.75) is 0 Å². The summed E-state index contributed by atoms with van der Waals surface area (Å²) in [5.74, 6) is 1.05. The first-order chi connectivity index (χ1) is 11.4. The number of aromatic nitrogens is 2. The van der Waals surface area contributed by atoms with Crippen LogP contribution in [0.15, 0.2) is 17.8 Å². The molecule has 0 aromatic carbocycles. The van der Waals surface area contributed by atoms with Crippen LogP contribution < -0.4 is 4.90 Å². The number of ether oxygens (including phenoxy) is 1. The van der Waals surface area contributed by atoms with Gasteiger partial charge in [0, 0.05) is 13.1 Å². The lowest BCUT2D eigenvalue weighted by atomic mass is 10.3. The highest BCUT2D eigenvalue weighted by Crippen LogP contribution is 2.27. The fraction of sp³-hybridized carbons (Fsp3) is 0.500. The van der Waals surface area contributed by atoms with Gasteiger partial charge in [0.1, 0.15) is 12.1 Å². The van der Waals surface area contributed by atoms with E-state index in [1.807, 2.05) is 6.07 Å². The van der Waals surface area contributed by atoms with Crippen molar-refractivity contribution < 1.29 is 30.7 Å². The van der Waals surface area contributed by atoms with E-state index in [1.54, 1.807) is 17.7 Å². The Labute approximate surface area is 150 Å². The lowest BCUT2D eigenvalue weighted by Gasteiger charge is -2.27. The van der Waals surface area contributed by atoms with Crippen LogP contribution in [0.3, 0.4) is 0 Å². The normalized spacial score (nSPS) is 15.0. The summed E-state index contributed by atoms with van der Waals surface area (Å²) in [6, 6.07) is 2.03. The average molecular weight is 413 g/mol. The van der Waals surface area contributed by atoms with E-state index in [-0.39, 0.29) is 0 Å². The molecule has 0 saturated carbocycles. The van der Waals surface area contributed by atoms with Gasteiger partial charge in [0.15, 0.2) is 0 Å². The molecule has 1 fully saturated rings. The van der Waals surface area contributed by atoms with Gasteiger partial charge in [-0.25, -0.2) is 9.97 Å². The van der Waals surface area contributed by atoms with Crippen LogP contribution in [0.4, 0.5) is 5.82 Å². The first kappa shape index (κ1) is 21.7. The van der Waals surface area contributed by atoms with Crippen LogP contribution in [-0.2, 0) is 25.0 Å². The van der Waals surface area contributed by atoms with E-state index in [4.69, 9.17) is 13.8 Å². The Bertz CT molecular complexity index is 828. The number of anilines is 1. The second-order valence-electron chi connectivity index (χ2n) is 4.90. The third kappa shape index (κ3) is 10.3. The van der Waals surface area contributed by atoms with Crippen LogP contribution in [0, 0.1) is 0 Å². The van der Waals surface area contributed by atoms with Crippen molar-refractivity contribution in [1.29, 1.82) is 0 Å². The number of thiophene rings is 1. The largest absolute Gasteiger partial charge is 0.378 e. The molecule has 0 bridgehead atoms. The van der Waals surface area contributed by atoms with E-state index in [1.165, 1.54) is 4.70 Å². The predicted molar refractivity (Wildman–Crippen MR) is 95.4 cm³/mol. The van der Waals surface area contributed by atoms with Gasteiger partial charge < -0.3 is 9.64 Å². The Hall–Kier alpha value is -1.38. The molecule has 0 amide bonds. The molecule has 25 heavy (non-hydrogen) atoms. The number of morpholine rings is 1. The summed E-state index contributed by atoms with van der Waals surface area (Å²) in [4.78, 5) is 10.9. The highest BCUT2D eigenvalue weighted by Gasteiger charge is 2.15. The van der Waals surface area contributed by atoms with Crippen molar-refractivity contribution in [2.24, 2.45) is 0 Å². The number of nitrogens with zero attached hydrogens (tertiary/aromatic N) is 3. The molecule has 2 aromatic rings. The first-order valence-electron chi connectivity index (χ1n) is 6.81. The molecular weight excluding hydrogens is 394 g/mol. The van der Waals surface area contributed by atoms with Crippen LogP contribution in [0.25, 0.3) is 10.2 Å². The molecular formula is C12H19N3O7S3. The molecule has 0 atom stereocenters. The minimum Gasteiger partial charge on any atom is -0.378 e. The van der Waals surface area contributed by atoms with Crippen molar-refractivity contribution >= 4 is 47.6 Å². The maximum atomic E-state index is 9.19. The van der Waals surface area contributed by atoms with E-state index < -0.39 is 20.2 Å². The van der Waals surface area contributed by atoms with Crippen molar-refractivity contribution in [2.75, 3.05) is 43.7 Å². The predicted octanol–water partition coefficient (Wildman–Crippen LogP) is 0.536. The molecule has 2 N–H and O–H groups in total. The summed E-state index contributed by atoms with van der Waals surface area (Å²) in [7, 11) is -7.33. The standard InChI is InChI=1S/C10H11N3OS.2CH4O3S/c1-6-15-9-8(1)11-7-12-10(9)13-2-4-14-5-3-13;2*1-5(2,3)4/h1,6-7H,2-5H2;2*1H3,(H,2,3,4). The van der Waals surface area contributed by atoms with Crippen molar-refractivity contribution in [1.82, 2.24) is 9.97 Å². The smallest absolute Gasteiger partial charge is 0.261 e. The Morgan fingerprint density at radius 1 is 1.08 bits per heavy atom. The lowest BCUT2D eigenvalue weighted by Crippen LogP contribution is -2.36. The van der Waals surface area contributed by atoms with Crippen LogP contribution >= 0.6 is 11.3 Å². The first-order valence-corrected chi connectivity index (χ1v) is 11.4. The molecule has 0 aliphatic carbocycles. The highest BCUT2D eigenvalue weighted by atomic mass is 32.2. The third-order valence-corrected chi connectivity index (χ3v) is 3.43. The second kappa shape index (κ2) is 9.35. The van der Waals surface area contributed by atoms with E-state index in [9.17, 15) is 16.8 Å². The number of fused-ring (bicyclic) bond motifs is 1. The summed E-state index contributed by atoms with van der Waals surface area (Å²) >= 11 is 1.70.